The molecule has 3 aromatic rings. The number of methoxy groups -OCH3 is 1. The van der Waals surface area contributed by atoms with E-state index in [-0.39, 0.29) is 77.9 Å². The number of pyridine rings is 2. The molecule has 1 aliphatic rings. The second-order valence-corrected chi connectivity index (χ2v) is 13.2. The van der Waals surface area contributed by atoms with E-state index in [1.165, 1.54) is 31.6 Å². The molecule has 0 unspecified atom stereocenters. The van der Waals surface area contributed by atoms with Gasteiger partial charge in [0.1, 0.15) is 45.2 Å². The van der Waals surface area contributed by atoms with Crippen molar-refractivity contribution in [1.29, 1.82) is 0 Å². The van der Waals surface area contributed by atoms with E-state index in [4.69, 9.17) is 19.9 Å². The molecule has 0 spiro atoms. The number of sulfone groups is 1. The number of rotatable bonds is 13. The Morgan fingerprint density at radius 1 is 1.07 bits per heavy atom. The first kappa shape index (κ1) is 32.6. The fraction of sp³-hybridized carbons (Fsp3) is 0.452. The van der Waals surface area contributed by atoms with Crippen LogP contribution in [0, 0.1) is 17.6 Å². The number of ether oxygens (including phenoxy) is 3. The van der Waals surface area contributed by atoms with Crippen molar-refractivity contribution in [2.24, 2.45) is 11.7 Å². The second kappa shape index (κ2) is 14.4. The molecular weight excluding hydrogens is 580 g/mol. The lowest BCUT2D eigenvalue weighted by Gasteiger charge is -2.39. The summed E-state index contributed by atoms with van der Waals surface area (Å²) in [6.07, 6.45) is 5.46. The summed E-state index contributed by atoms with van der Waals surface area (Å²) >= 11 is 0. The first-order chi connectivity index (χ1) is 20.5. The molecule has 2 N–H and O–H groups in total. The van der Waals surface area contributed by atoms with Crippen molar-refractivity contribution in [3.8, 4) is 17.0 Å². The van der Waals surface area contributed by atoms with Gasteiger partial charge in [-0.1, -0.05) is 6.92 Å². The molecule has 1 aromatic carbocycles. The van der Waals surface area contributed by atoms with Gasteiger partial charge in [0.25, 0.3) is 0 Å². The van der Waals surface area contributed by atoms with E-state index >= 15 is 0 Å². The van der Waals surface area contributed by atoms with Gasteiger partial charge in [0.15, 0.2) is 5.78 Å². The van der Waals surface area contributed by atoms with Crippen molar-refractivity contribution >= 4 is 15.6 Å². The number of ketones is 1. The predicted octanol–water partition coefficient (Wildman–Crippen LogP) is 4.14. The van der Waals surface area contributed by atoms with Crippen LogP contribution in [0.1, 0.15) is 47.3 Å². The molecule has 0 saturated heterocycles. The number of carbonyl (C=O) groups is 1. The van der Waals surface area contributed by atoms with Crippen molar-refractivity contribution in [2.45, 2.75) is 44.2 Å². The minimum atomic E-state index is -3.14. The summed E-state index contributed by atoms with van der Waals surface area (Å²) in [4.78, 5) is 21.8. The van der Waals surface area contributed by atoms with E-state index in [0.29, 0.717) is 18.6 Å². The monoisotopic (exact) mass is 617 g/mol. The molecule has 4 rings (SSSR count). The number of aromatic nitrogens is 2. The van der Waals surface area contributed by atoms with Gasteiger partial charge < -0.3 is 19.9 Å². The van der Waals surface area contributed by atoms with Gasteiger partial charge in [0.05, 0.1) is 25.1 Å². The van der Waals surface area contributed by atoms with Gasteiger partial charge in [0.2, 0.25) is 0 Å². The van der Waals surface area contributed by atoms with Crippen LogP contribution >= 0.6 is 0 Å². The highest BCUT2D eigenvalue weighted by atomic mass is 32.2. The third-order valence-electron chi connectivity index (χ3n) is 7.58. The Morgan fingerprint density at radius 3 is 2.56 bits per heavy atom. The molecule has 4 atom stereocenters. The van der Waals surface area contributed by atoms with Crippen LogP contribution in [-0.2, 0) is 25.7 Å². The summed E-state index contributed by atoms with van der Waals surface area (Å²) < 4.78 is 68.9. The Bertz CT molecular complexity index is 1530. The van der Waals surface area contributed by atoms with Gasteiger partial charge in [-0.2, -0.15) is 0 Å². The Hall–Kier alpha value is -3.32. The molecule has 1 fully saturated rings. The maximum Gasteiger partial charge on any atom is 0.185 e. The van der Waals surface area contributed by atoms with Gasteiger partial charge >= 0.3 is 0 Å². The molecule has 2 heterocycles. The summed E-state index contributed by atoms with van der Waals surface area (Å²) in [5.74, 6) is -1.59. The van der Waals surface area contributed by atoms with E-state index in [1.807, 2.05) is 13.0 Å². The maximum absolute atomic E-state index is 14.9. The number of Topliss-reactive ketones (excluding diaryl/α,β-unsaturated/α-hetero) is 1. The number of benzene rings is 1. The lowest BCUT2D eigenvalue weighted by Crippen LogP contribution is -2.47. The van der Waals surface area contributed by atoms with E-state index in [2.05, 4.69) is 9.97 Å². The van der Waals surface area contributed by atoms with Gasteiger partial charge in [0, 0.05) is 49.9 Å². The highest BCUT2D eigenvalue weighted by Gasteiger charge is 2.36. The molecule has 2 aromatic heterocycles. The van der Waals surface area contributed by atoms with Crippen molar-refractivity contribution in [3.63, 3.8) is 0 Å². The quantitative estimate of drug-likeness (QED) is 0.222. The molecule has 0 bridgehead atoms. The summed E-state index contributed by atoms with van der Waals surface area (Å²) in [5.41, 5.74) is 7.75. The Morgan fingerprint density at radius 2 is 1.86 bits per heavy atom. The van der Waals surface area contributed by atoms with Crippen molar-refractivity contribution in [3.05, 3.63) is 77.2 Å². The predicted molar refractivity (Wildman–Crippen MR) is 158 cm³/mol. The summed E-state index contributed by atoms with van der Waals surface area (Å²) in [5, 5.41) is 0. The summed E-state index contributed by atoms with van der Waals surface area (Å²) in [6.45, 7) is 2.67. The molecule has 9 nitrogen and oxygen atoms in total. The zero-order valence-corrected chi connectivity index (χ0v) is 25.3. The van der Waals surface area contributed by atoms with E-state index in [0.717, 1.165) is 24.1 Å². The average molecular weight is 618 g/mol. The Kier molecular flexibility index (Phi) is 10.9. The summed E-state index contributed by atoms with van der Waals surface area (Å²) in [7, 11) is -1.62. The zero-order valence-electron chi connectivity index (χ0n) is 24.5. The first-order valence-corrected chi connectivity index (χ1v) is 16.1. The smallest absolute Gasteiger partial charge is 0.185 e. The molecule has 1 saturated carbocycles. The second-order valence-electron chi connectivity index (χ2n) is 11.0. The third kappa shape index (κ3) is 8.62. The number of halogens is 2. The van der Waals surface area contributed by atoms with Gasteiger partial charge in [-0.25, -0.2) is 22.2 Å². The van der Waals surface area contributed by atoms with E-state index < -0.39 is 21.5 Å². The van der Waals surface area contributed by atoms with Crippen LogP contribution in [0.25, 0.3) is 11.3 Å². The lowest BCUT2D eigenvalue weighted by atomic mass is 9.73. The van der Waals surface area contributed by atoms with Crippen molar-refractivity contribution < 1.29 is 36.2 Å². The van der Waals surface area contributed by atoms with Crippen LogP contribution < -0.4 is 10.5 Å². The van der Waals surface area contributed by atoms with Crippen molar-refractivity contribution in [2.75, 3.05) is 38.9 Å². The normalized spacial score (nSPS) is 20.6. The lowest BCUT2D eigenvalue weighted by molar-refractivity contribution is -0.0154. The van der Waals surface area contributed by atoms with Crippen LogP contribution in [0.4, 0.5) is 8.78 Å². The molecule has 0 amide bonds. The number of nitrogens with two attached hydrogens (primary N) is 1. The van der Waals surface area contributed by atoms with Crippen LogP contribution in [0.15, 0.2) is 48.8 Å². The molecule has 232 valence electrons. The Balaban J connectivity index is 1.49. The van der Waals surface area contributed by atoms with Gasteiger partial charge in [-0.05, 0) is 66.1 Å². The minimum Gasteiger partial charge on any atom is -0.491 e. The SMILES string of the molecule is COCCOc1ccc(-c2nc(C(=O)Cc3cnccc3[C@H]3C[C@@H](N)[C@@H](OCCS(C)(=O)=O)[C@@H](C)C3)ccc2F)c(F)c1. The van der Waals surface area contributed by atoms with Crippen LogP contribution in [0.5, 0.6) is 5.75 Å². The van der Waals surface area contributed by atoms with Crippen LogP contribution in [0.2, 0.25) is 0 Å². The third-order valence-corrected chi connectivity index (χ3v) is 8.48. The van der Waals surface area contributed by atoms with Crippen LogP contribution in [-0.4, -0.2) is 75.3 Å². The standard InChI is InChI=1S/C31H37F2N3O6S/c1-19-14-20(15-27(34)31(19)42-12-13-43(3,38)39)23-8-9-35-18-21(23)16-29(37)28-7-6-25(32)30(36-28)24-5-4-22(17-26(24)33)41-11-10-40-2/h4-9,17-20,27,31H,10-16,34H2,1-3H3/t19-,20+,27+,31-/m0/s1. The fourth-order valence-electron chi connectivity index (χ4n) is 5.50. The molecule has 43 heavy (non-hydrogen) atoms. The average Bonchev–Trinajstić information content (AvgIpc) is 2.95. The highest BCUT2D eigenvalue weighted by molar-refractivity contribution is 7.90. The Labute approximate surface area is 250 Å². The number of carbonyl (C=O) groups excluding carboxylic acids is 1. The molecule has 0 radical (unpaired) electrons. The highest BCUT2D eigenvalue weighted by Crippen LogP contribution is 2.38. The number of nitrogens with zero attached hydrogens (tertiary/aromatic N) is 2. The van der Waals surface area contributed by atoms with E-state index in [9.17, 15) is 22.0 Å². The molecule has 1 aliphatic carbocycles. The minimum absolute atomic E-state index is 0.000853. The largest absolute Gasteiger partial charge is 0.491 e. The first-order valence-electron chi connectivity index (χ1n) is 14.1. The van der Waals surface area contributed by atoms with Gasteiger partial charge in [-0.15, -0.1) is 0 Å². The summed E-state index contributed by atoms with van der Waals surface area (Å²) in [6, 6.07) is 7.94. The number of hydrogen-bond donors (Lipinski definition) is 1. The topological polar surface area (TPSA) is 131 Å². The van der Waals surface area contributed by atoms with Gasteiger partial charge in [-0.3, -0.25) is 9.78 Å². The zero-order chi connectivity index (χ0) is 31.1. The number of hydrogen-bond acceptors (Lipinski definition) is 9. The molecule has 0 aliphatic heterocycles. The molecular formula is C31H37F2N3O6S. The van der Waals surface area contributed by atoms with Crippen molar-refractivity contribution in [1.82, 2.24) is 9.97 Å². The van der Waals surface area contributed by atoms with E-state index in [1.54, 1.807) is 12.4 Å². The fourth-order valence-corrected chi connectivity index (χ4v) is 5.89. The van der Waals surface area contributed by atoms with Crippen LogP contribution in [0.3, 0.4) is 0 Å². The maximum atomic E-state index is 14.9. The molecule has 12 heteroatoms.